The summed E-state index contributed by atoms with van der Waals surface area (Å²) in [5.74, 6) is 0.495. The lowest BCUT2D eigenvalue weighted by Crippen LogP contribution is -2.37. The number of aromatic nitrogens is 2. The normalized spacial score (nSPS) is 23.6. The van der Waals surface area contributed by atoms with Gasteiger partial charge in [-0.3, -0.25) is 4.79 Å². The van der Waals surface area contributed by atoms with E-state index < -0.39 is 0 Å². The van der Waals surface area contributed by atoms with Gasteiger partial charge in [0.15, 0.2) is 5.82 Å². The average molecular weight is 295 g/mol. The summed E-state index contributed by atoms with van der Waals surface area (Å²) in [5, 5.41) is 4.07. The zero-order chi connectivity index (χ0) is 14.8. The molecule has 1 aromatic heterocycles. The van der Waals surface area contributed by atoms with E-state index in [2.05, 4.69) is 16.6 Å². The summed E-state index contributed by atoms with van der Waals surface area (Å²) in [6.07, 6.45) is 10.4. The van der Waals surface area contributed by atoms with Crippen LogP contribution in [0.15, 0.2) is 17.2 Å². The summed E-state index contributed by atoms with van der Waals surface area (Å²) in [6.45, 7) is 6.09. The van der Waals surface area contributed by atoms with E-state index >= 15 is 0 Å². The van der Waals surface area contributed by atoms with E-state index in [-0.39, 0.29) is 11.1 Å². The maximum Gasteiger partial charge on any atom is 0.293 e. The molecular weight excluding hydrogens is 270 g/mol. The van der Waals surface area contributed by atoms with Crippen molar-refractivity contribution in [1.82, 2.24) is 9.55 Å². The number of nitrogens with zero attached hydrogens (tertiary/aromatic N) is 2. The Morgan fingerprint density at radius 1 is 1.40 bits per heavy atom. The highest BCUT2D eigenvalue weighted by atomic mass is 32.2. The van der Waals surface area contributed by atoms with Crippen molar-refractivity contribution in [2.24, 2.45) is 0 Å². The molecule has 0 spiro atoms. The van der Waals surface area contributed by atoms with Gasteiger partial charge in [0, 0.05) is 29.2 Å². The molecule has 1 aliphatic carbocycles. The first-order valence-electron chi connectivity index (χ1n) is 7.29. The molecule has 0 aromatic carbocycles. The van der Waals surface area contributed by atoms with Crippen LogP contribution in [-0.4, -0.2) is 27.1 Å². The Bertz CT molecular complexity index is 507. The lowest BCUT2D eigenvalue weighted by molar-refractivity contribution is 0.382. The summed E-state index contributed by atoms with van der Waals surface area (Å²) < 4.78 is 1.75. The molecule has 2 unspecified atom stereocenters. The highest BCUT2D eigenvalue weighted by Crippen LogP contribution is 2.28. The topological polar surface area (TPSA) is 46.9 Å². The van der Waals surface area contributed by atoms with Gasteiger partial charge in [-0.25, -0.2) is 4.98 Å². The first-order valence-corrected chi connectivity index (χ1v) is 8.58. The minimum absolute atomic E-state index is 0.0220. The second-order valence-electron chi connectivity index (χ2n) is 6.49. The number of thioether (sulfide) groups is 1. The second kappa shape index (κ2) is 6.20. The number of hydrogen-bond donors (Lipinski definition) is 1. The molecule has 112 valence electrons. The van der Waals surface area contributed by atoms with Crippen molar-refractivity contribution in [3.63, 3.8) is 0 Å². The van der Waals surface area contributed by atoms with E-state index in [1.807, 2.05) is 32.5 Å². The van der Waals surface area contributed by atoms with Crippen LogP contribution < -0.4 is 10.9 Å². The molecule has 1 aromatic rings. The molecule has 0 aliphatic heterocycles. The minimum Gasteiger partial charge on any atom is -0.363 e. The monoisotopic (exact) mass is 295 g/mol. The molecule has 2 atom stereocenters. The van der Waals surface area contributed by atoms with Crippen molar-refractivity contribution in [3.05, 3.63) is 22.7 Å². The van der Waals surface area contributed by atoms with Crippen LogP contribution >= 0.6 is 11.8 Å². The Morgan fingerprint density at radius 2 is 2.15 bits per heavy atom. The molecule has 1 aliphatic rings. The lowest BCUT2D eigenvalue weighted by Gasteiger charge is -2.29. The fourth-order valence-corrected chi connectivity index (χ4v) is 3.55. The first-order chi connectivity index (χ1) is 9.41. The van der Waals surface area contributed by atoms with E-state index in [0.717, 1.165) is 12.8 Å². The van der Waals surface area contributed by atoms with Crippen LogP contribution in [0.3, 0.4) is 0 Å². The van der Waals surface area contributed by atoms with Gasteiger partial charge >= 0.3 is 0 Å². The SMILES string of the molecule is CSC1CCCC(Nc2nccn(C(C)(C)C)c2=O)C1. The number of hydrogen-bond acceptors (Lipinski definition) is 4. The van der Waals surface area contributed by atoms with Crippen LogP contribution in [0.5, 0.6) is 0 Å². The standard InChI is InChI=1S/C15H25N3OS/c1-15(2,3)18-9-8-16-13(14(18)19)17-11-6-5-7-12(10-11)20-4/h8-9,11-12H,5-7,10H2,1-4H3,(H,16,17). The zero-order valence-corrected chi connectivity index (χ0v) is 13.7. The Kier molecular flexibility index (Phi) is 4.78. The van der Waals surface area contributed by atoms with Crippen molar-refractivity contribution < 1.29 is 0 Å². The summed E-state index contributed by atoms with van der Waals surface area (Å²) in [6, 6.07) is 0.372. The molecule has 0 bridgehead atoms. The fraction of sp³-hybridized carbons (Fsp3) is 0.733. The van der Waals surface area contributed by atoms with E-state index in [0.29, 0.717) is 17.1 Å². The third kappa shape index (κ3) is 3.57. The highest BCUT2D eigenvalue weighted by Gasteiger charge is 2.23. The lowest BCUT2D eigenvalue weighted by atomic mass is 9.95. The van der Waals surface area contributed by atoms with Gasteiger partial charge in [0.2, 0.25) is 0 Å². The Hall–Kier alpha value is -0.970. The third-order valence-corrected chi connectivity index (χ3v) is 4.96. The van der Waals surface area contributed by atoms with Gasteiger partial charge in [-0.2, -0.15) is 11.8 Å². The van der Waals surface area contributed by atoms with Crippen molar-refractivity contribution in [2.75, 3.05) is 11.6 Å². The molecule has 2 rings (SSSR count). The maximum absolute atomic E-state index is 12.5. The van der Waals surface area contributed by atoms with Crippen LogP contribution in [0.1, 0.15) is 46.5 Å². The summed E-state index contributed by atoms with van der Waals surface area (Å²) in [7, 11) is 0. The minimum atomic E-state index is -0.217. The van der Waals surface area contributed by atoms with E-state index in [1.54, 1.807) is 17.0 Å². The quantitative estimate of drug-likeness (QED) is 0.931. The zero-order valence-electron chi connectivity index (χ0n) is 12.8. The van der Waals surface area contributed by atoms with Gasteiger partial charge in [-0.15, -0.1) is 0 Å². The van der Waals surface area contributed by atoms with Crippen LogP contribution in [0.4, 0.5) is 5.82 Å². The average Bonchev–Trinajstić information content (AvgIpc) is 2.40. The molecule has 1 fully saturated rings. The van der Waals surface area contributed by atoms with Crippen LogP contribution in [0, 0.1) is 0 Å². The molecule has 0 radical (unpaired) electrons. The fourth-order valence-electron chi connectivity index (χ4n) is 2.72. The molecule has 0 saturated heterocycles. The van der Waals surface area contributed by atoms with Crippen molar-refractivity contribution in [1.29, 1.82) is 0 Å². The Morgan fingerprint density at radius 3 is 2.80 bits per heavy atom. The molecule has 1 N–H and O–H groups in total. The van der Waals surface area contributed by atoms with Gasteiger partial charge in [0.25, 0.3) is 5.56 Å². The van der Waals surface area contributed by atoms with Crippen LogP contribution in [0.25, 0.3) is 0 Å². The molecule has 1 heterocycles. The Labute approximate surface area is 125 Å². The van der Waals surface area contributed by atoms with Crippen molar-refractivity contribution in [2.45, 2.75) is 63.3 Å². The maximum atomic E-state index is 12.5. The number of anilines is 1. The highest BCUT2D eigenvalue weighted by molar-refractivity contribution is 7.99. The summed E-state index contributed by atoms with van der Waals surface area (Å²) in [5.41, 5.74) is -0.239. The van der Waals surface area contributed by atoms with Gasteiger partial charge in [-0.1, -0.05) is 6.42 Å². The largest absolute Gasteiger partial charge is 0.363 e. The number of nitrogens with one attached hydrogen (secondary N) is 1. The summed E-state index contributed by atoms with van der Waals surface area (Å²) >= 11 is 1.93. The molecule has 4 nitrogen and oxygen atoms in total. The van der Waals surface area contributed by atoms with Crippen LogP contribution in [-0.2, 0) is 5.54 Å². The van der Waals surface area contributed by atoms with Gasteiger partial charge < -0.3 is 9.88 Å². The Balaban J connectivity index is 2.16. The van der Waals surface area contributed by atoms with Crippen molar-refractivity contribution >= 4 is 17.6 Å². The molecule has 20 heavy (non-hydrogen) atoms. The van der Waals surface area contributed by atoms with E-state index in [1.165, 1.54) is 12.8 Å². The van der Waals surface area contributed by atoms with Gasteiger partial charge in [0.1, 0.15) is 0 Å². The predicted molar refractivity (Wildman–Crippen MR) is 86.7 cm³/mol. The summed E-state index contributed by atoms with van der Waals surface area (Å²) in [4.78, 5) is 16.7. The van der Waals surface area contributed by atoms with Gasteiger partial charge in [-0.05, 0) is 46.3 Å². The van der Waals surface area contributed by atoms with Crippen LogP contribution in [0.2, 0.25) is 0 Å². The number of rotatable bonds is 3. The predicted octanol–water partition coefficient (Wildman–Crippen LogP) is 3.08. The van der Waals surface area contributed by atoms with Gasteiger partial charge in [0.05, 0.1) is 0 Å². The van der Waals surface area contributed by atoms with E-state index in [9.17, 15) is 4.79 Å². The molecule has 1 saturated carbocycles. The first kappa shape index (κ1) is 15.4. The molecule has 0 amide bonds. The molecular formula is C15H25N3OS. The van der Waals surface area contributed by atoms with E-state index in [4.69, 9.17) is 0 Å². The third-order valence-electron chi connectivity index (χ3n) is 3.86. The molecule has 5 heteroatoms. The smallest absolute Gasteiger partial charge is 0.293 e. The van der Waals surface area contributed by atoms with Crippen molar-refractivity contribution in [3.8, 4) is 0 Å². The second-order valence-corrected chi connectivity index (χ2v) is 7.63.